The van der Waals surface area contributed by atoms with Gasteiger partial charge in [-0.1, -0.05) is 12.1 Å². The molecule has 1 aliphatic rings. The second kappa shape index (κ2) is 5.68. The van der Waals surface area contributed by atoms with E-state index in [1.54, 1.807) is 7.11 Å². The first-order chi connectivity index (χ1) is 8.29. The van der Waals surface area contributed by atoms with Gasteiger partial charge in [0.2, 0.25) is 0 Å². The Morgan fingerprint density at radius 1 is 1.53 bits per heavy atom. The standard InChI is InChI=1S/C13H16O4/c1-15-12-4-2-3-10(7-12)8-17-13(14)11-5-6-16-9-11/h2-4,7,11H,5-6,8-9H2,1H3. The molecular weight excluding hydrogens is 220 g/mol. The van der Waals surface area contributed by atoms with Crippen molar-refractivity contribution in [3.63, 3.8) is 0 Å². The molecule has 0 amide bonds. The monoisotopic (exact) mass is 236 g/mol. The lowest BCUT2D eigenvalue weighted by Crippen LogP contribution is -2.17. The maximum atomic E-state index is 11.6. The number of rotatable bonds is 4. The molecule has 0 aliphatic carbocycles. The van der Waals surface area contributed by atoms with Crippen LogP contribution in [0.4, 0.5) is 0 Å². The van der Waals surface area contributed by atoms with Gasteiger partial charge in [0.25, 0.3) is 0 Å². The van der Waals surface area contributed by atoms with Gasteiger partial charge in [-0.2, -0.15) is 0 Å². The molecule has 1 aromatic carbocycles. The summed E-state index contributed by atoms with van der Waals surface area (Å²) in [6.07, 6.45) is 0.761. The van der Waals surface area contributed by atoms with Crippen LogP contribution >= 0.6 is 0 Å². The van der Waals surface area contributed by atoms with E-state index in [4.69, 9.17) is 14.2 Å². The molecule has 17 heavy (non-hydrogen) atoms. The van der Waals surface area contributed by atoms with Gasteiger partial charge >= 0.3 is 5.97 Å². The highest BCUT2D eigenvalue weighted by Crippen LogP contribution is 2.17. The topological polar surface area (TPSA) is 44.8 Å². The third-order valence-electron chi connectivity index (χ3n) is 2.78. The van der Waals surface area contributed by atoms with Crippen LogP contribution in [0, 0.1) is 5.92 Å². The molecule has 1 saturated heterocycles. The van der Waals surface area contributed by atoms with Crippen molar-refractivity contribution in [1.29, 1.82) is 0 Å². The minimum Gasteiger partial charge on any atom is -0.497 e. The maximum absolute atomic E-state index is 11.6. The molecule has 1 fully saturated rings. The Bertz CT molecular complexity index is 383. The number of carbonyl (C=O) groups is 1. The first-order valence-electron chi connectivity index (χ1n) is 5.67. The van der Waals surface area contributed by atoms with Crippen LogP contribution in [-0.2, 0) is 20.9 Å². The van der Waals surface area contributed by atoms with Gasteiger partial charge in [0.05, 0.1) is 19.6 Å². The van der Waals surface area contributed by atoms with Crippen molar-refractivity contribution in [3.8, 4) is 5.75 Å². The molecule has 4 heteroatoms. The van der Waals surface area contributed by atoms with Crippen molar-refractivity contribution in [2.24, 2.45) is 5.92 Å². The van der Waals surface area contributed by atoms with E-state index in [9.17, 15) is 4.79 Å². The number of esters is 1. The number of carbonyl (C=O) groups excluding carboxylic acids is 1. The summed E-state index contributed by atoms with van der Waals surface area (Å²) in [5, 5.41) is 0. The fourth-order valence-corrected chi connectivity index (χ4v) is 1.75. The van der Waals surface area contributed by atoms with E-state index >= 15 is 0 Å². The number of methoxy groups -OCH3 is 1. The molecule has 92 valence electrons. The van der Waals surface area contributed by atoms with Gasteiger partial charge in [-0.25, -0.2) is 0 Å². The molecule has 0 N–H and O–H groups in total. The van der Waals surface area contributed by atoms with Crippen LogP contribution in [0.1, 0.15) is 12.0 Å². The van der Waals surface area contributed by atoms with Crippen LogP contribution in [-0.4, -0.2) is 26.3 Å². The zero-order chi connectivity index (χ0) is 12.1. The molecule has 1 unspecified atom stereocenters. The fraction of sp³-hybridized carbons (Fsp3) is 0.462. The Morgan fingerprint density at radius 2 is 2.41 bits per heavy atom. The quantitative estimate of drug-likeness (QED) is 0.747. The second-order valence-electron chi connectivity index (χ2n) is 4.02. The molecule has 0 aromatic heterocycles. The third-order valence-corrected chi connectivity index (χ3v) is 2.78. The first-order valence-corrected chi connectivity index (χ1v) is 5.67. The average molecular weight is 236 g/mol. The Labute approximate surface area is 100 Å². The van der Waals surface area contributed by atoms with Gasteiger partial charge in [0.1, 0.15) is 12.4 Å². The number of ether oxygens (including phenoxy) is 3. The smallest absolute Gasteiger partial charge is 0.311 e. The van der Waals surface area contributed by atoms with E-state index in [0.29, 0.717) is 13.2 Å². The lowest BCUT2D eigenvalue weighted by atomic mass is 10.1. The van der Waals surface area contributed by atoms with Crippen molar-refractivity contribution in [3.05, 3.63) is 29.8 Å². The van der Waals surface area contributed by atoms with Gasteiger partial charge in [0, 0.05) is 6.61 Å². The minimum atomic E-state index is -0.176. The highest BCUT2D eigenvalue weighted by Gasteiger charge is 2.24. The summed E-state index contributed by atoms with van der Waals surface area (Å²) < 4.78 is 15.5. The van der Waals surface area contributed by atoms with Crippen molar-refractivity contribution >= 4 is 5.97 Å². The zero-order valence-corrected chi connectivity index (χ0v) is 9.85. The first kappa shape index (κ1) is 11.9. The summed E-state index contributed by atoms with van der Waals surface area (Å²) in [6.45, 7) is 1.42. The van der Waals surface area contributed by atoms with Crippen LogP contribution in [0.2, 0.25) is 0 Å². The summed E-state index contributed by atoms with van der Waals surface area (Å²) in [5.41, 5.74) is 0.927. The molecule has 4 nitrogen and oxygen atoms in total. The molecule has 1 heterocycles. The third kappa shape index (κ3) is 3.20. The fourth-order valence-electron chi connectivity index (χ4n) is 1.75. The van der Waals surface area contributed by atoms with Crippen molar-refractivity contribution in [1.82, 2.24) is 0 Å². The van der Waals surface area contributed by atoms with Gasteiger partial charge in [-0.3, -0.25) is 4.79 Å². The molecule has 1 aliphatic heterocycles. The van der Waals surface area contributed by atoms with Crippen LogP contribution in [0.5, 0.6) is 5.75 Å². The zero-order valence-electron chi connectivity index (χ0n) is 9.85. The van der Waals surface area contributed by atoms with Crippen LogP contribution < -0.4 is 4.74 Å². The molecule has 1 aromatic rings. The maximum Gasteiger partial charge on any atom is 0.311 e. The van der Waals surface area contributed by atoms with E-state index in [-0.39, 0.29) is 18.5 Å². The number of benzene rings is 1. The molecule has 2 rings (SSSR count). The average Bonchev–Trinajstić information content (AvgIpc) is 2.90. The van der Waals surface area contributed by atoms with Crippen molar-refractivity contribution in [2.45, 2.75) is 13.0 Å². The lowest BCUT2D eigenvalue weighted by Gasteiger charge is -2.09. The summed E-state index contributed by atoms with van der Waals surface area (Å²) in [7, 11) is 1.61. The molecule has 0 saturated carbocycles. The normalized spacial score (nSPS) is 19.0. The van der Waals surface area contributed by atoms with Crippen LogP contribution in [0.25, 0.3) is 0 Å². The van der Waals surface area contributed by atoms with Gasteiger partial charge in [-0.05, 0) is 24.1 Å². The highest BCUT2D eigenvalue weighted by atomic mass is 16.5. The molecule has 0 spiro atoms. The Morgan fingerprint density at radius 3 is 3.12 bits per heavy atom. The van der Waals surface area contributed by atoms with Gasteiger partial charge < -0.3 is 14.2 Å². The Balaban J connectivity index is 1.86. The lowest BCUT2D eigenvalue weighted by molar-refractivity contribution is -0.149. The minimum absolute atomic E-state index is 0.0967. The summed E-state index contributed by atoms with van der Waals surface area (Å²) >= 11 is 0. The van der Waals surface area contributed by atoms with E-state index in [1.807, 2.05) is 24.3 Å². The predicted molar refractivity (Wildman–Crippen MR) is 61.7 cm³/mol. The van der Waals surface area contributed by atoms with Crippen molar-refractivity contribution in [2.75, 3.05) is 20.3 Å². The molecule has 0 radical (unpaired) electrons. The Kier molecular flexibility index (Phi) is 3.98. The van der Waals surface area contributed by atoms with Gasteiger partial charge in [-0.15, -0.1) is 0 Å². The molecule has 1 atom stereocenters. The van der Waals surface area contributed by atoms with Gasteiger partial charge in [0.15, 0.2) is 0 Å². The second-order valence-corrected chi connectivity index (χ2v) is 4.02. The number of hydrogen-bond donors (Lipinski definition) is 0. The summed E-state index contributed by atoms with van der Waals surface area (Å²) in [6, 6.07) is 7.50. The largest absolute Gasteiger partial charge is 0.497 e. The summed E-state index contributed by atoms with van der Waals surface area (Å²) in [4.78, 5) is 11.6. The predicted octanol–water partition coefficient (Wildman–Crippen LogP) is 1.77. The number of hydrogen-bond acceptors (Lipinski definition) is 4. The Hall–Kier alpha value is -1.55. The van der Waals surface area contributed by atoms with E-state index < -0.39 is 0 Å². The summed E-state index contributed by atoms with van der Waals surface area (Å²) in [5.74, 6) is 0.494. The van der Waals surface area contributed by atoms with Crippen molar-refractivity contribution < 1.29 is 19.0 Å². The SMILES string of the molecule is COc1cccc(COC(=O)C2CCOC2)c1. The molecule has 0 bridgehead atoms. The molecular formula is C13H16O4. The van der Waals surface area contributed by atoms with E-state index in [2.05, 4.69) is 0 Å². The highest BCUT2D eigenvalue weighted by molar-refractivity contribution is 5.72. The van der Waals surface area contributed by atoms with Crippen LogP contribution in [0.15, 0.2) is 24.3 Å². The van der Waals surface area contributed by atoms with Crippen LogP contribution in [0.3, 0.4) is 0 Å². The van der Waals surface area contributed by atoms with E-state index in [1.165, 1.54) is 0 Å². The van der Waals surface area contributed by atoms with E-state index in [0.717, 1.165) is 17.7 Å².